The van der Waals surface area contributed by atoms with Gasteiger partial charge in [0.25, 0.3) is 0 Å². The van der Waals surface area contributed by atoms with Gasteiger partial charge in [-0.2, -0.15) is 0 Å². The molecule has 4 heteroatoms. The Labute approximate surface area is 193 Å². The Morgan fingerprint density at radius 1 is 0.966 bits per heavy atom. The Kier molecular flexibility index (Phi) is 6.04. The van der Waals surface area contributed by atoms with Crippen LogP contribution >= 0.6 is 43.5 Å². The number of rotatable bonds is 3. The van der Waals surface area contributed by atoms with Gasteiger partial charge in [-0.3, -0.25) is 0 Å². The van der Waals surface area contributed by atoms with Crippen LogP contribution < -0.4 is 0 Å². The molecule has 3 aromatic rings. The number of halogens is 3. The van der Waals surface area contributed by atoms with Gasteiger partial charge in [-0.25, -0.2) is 0 Å². The summed E-state index contributed by atoms with van der Waals surface area (Å²) in [6, 6.07) is 22.2. The molecule has 0 spiro atoms. The maximum Gasteiger partial charge on any atom is 0.110 e. The molecule has 0 amide bonds. The average Bonchev–Trinajstić information content (AvgIpc) is 2.68. The van der Waals surface area contributed by atoms with Crippen LogP contribution in [0.3, 0.4) is 0 Å². The molecule has 3 aromatic carbocycles. The van der Waals surface area contributed by atoms with Gasteiger partial charge in [0.1, 0.15) is 5.60 Å². The fourth-order valence-corrected chi connectivity index (χ4v) is 5.87. The van der Waals surface area contributed by atoms with Crippen LogP contribution in [0.15, 0.2) is 81.8 Å². The number of hydrogen-bond donors (Lipinski definition) is 1. The van der Waals surface area contributed by atoms with Crippen LogP contribution in [0, 0.1) is 6.92 Å². The van der Waals surface area contributed by atoms with Gasteiger partial charge < -0.3 is 5.11 Å². The van der Waals surface area contributed by atoms with E-state index in [1.165, 1.54) is 11.1 Å². The molecule has 0 bridgehead atoms. The van der Waals surface area contributed by atoms with Gasteiger partial charge in [0.15, 0.2) is 0 Å². The minimum absolute atomic E-state index is 0.151. The average molecular weight is 533 g/mol. The molecule has 0 saturated heterocycles. The number of benzene rings is 3. The van der Waals surface area contributed by atoms with Crippen molar-refractivity contribution in [3.05, 3.63) is 109 Å². The summed E-state index contributed by atoms with van der Waals surface area (Å²) < 4.78 is 2.11. The van der Waals surface area contributed by atoms with E-state index >= 15 is 0 Å². The molecule has 29 heavy (non-hydrogen) atoms. The quantitative estimate of drug-likeness (QED) is 0.362. The minimum atomic E-state index is -1.14. The molecular weight excluding hydrogens is 512 g/mol. The van der Waals surface area contributed by atoms with E-state index in [1.54, 1.807) is 0 Å². The van der Waals surface area contributed by atoms with Crippen LogP contribution in [-0.4, -0.2) is 5.11 Å². The summed E-state index contributed by atoms with van der Waals surface area (Å²) in [4.78, 5) is 0. The van der Waals surface area contributed by atoms with Gasteiger partial charge in [-0.05, 0) is 72.2 Å². The SMILES string of the molecule is Cc1ccc(C2CC(c3ccccc3Br)=CC(O)(c3ccccc3Cl)C2)c(Br)c1. The molecular formula is C25H21Br2ClO. The standard InChI is InChI=1S/C25H21Br2ClO/c1-16-10-11-20(23(27)12-16)18-13-17(19-6-2-4-8-22(19)26)14-25(29,15-18)21-7-3-5-9-24(21)28/h2-12,14,18,29H,13,15H2,1H3. The second kappa shape index (κ2) is 8.39. The summed E-state index contributed by atoms with van der Waals surface area (Å²) in [6.45, 7) is 2.09. The third-order valence-electron chi connectivity index (χ3n) is 5.59. The van der Waals surface area contributed by atoms with Crippen molar-refractivity contribution in [2.24, 2.45) is 0 Å². The van der Waals surface area contributed by atoms with E-state index in [9.17, 15) is 5.11 Å². The molecule has 148 valence electrons. The Morgan fingerprint density at radius 2 is 1.69 bits per heavy atom. The molecule has 0 aliphatic heterocycles. The van der Waals surface area contributed by atoms with E-state index in [-0.39, 0.29) is 5.92 Å². The predicted octanol–water partition coefficient (Wildman–Crippen LogP) is 8.02. The Balaban J connectivity index is 1.87. The van der Waals surface area contributed by atoms with Crippen molar-refractivity contribution in [1.29, 1.82) is 0 Å². The lowest BCUT2D eigenvalue weighted by molar-refractivity contribution is 0.0672. The van der Waals surface area contributed by atoms with Crippen molar-refractivity contribution < 1.29 is 5.11 Å². The van der Waals surface area contributed by atoms with Crippen molar-refractivity contribution in [3.8, 4) is 0 Å². The molecule has 2 unspecified atom stereocenters. The molecule has 0 heterocycles. The molecule has 1 aliphatic rings. The predicted molar refractivity (Wildman–Crippen MR) is 128 cm³/mol. The number of allylic oxidation sites excluding steroid dienone is 1. The highest BCUT2D eigenvalue weighted by Crippen LogP contribution is 2.49. The summed E-state index contributed by atoms with van der Waals surface area (Å²) in [7, 11) is 0. The van der Waals surface area contributed by atoms with Gasteiger partial charge >= 0.3 is 0 Å². The molecule has 1 nitrogen and oxygen atoms in total. The van der Waals surface area contributed by atoms with E-state index in [2.05, 4.69) is 63.0 Å². The molecule has 0 radical (unpaired) electrons. The molecule has 1 aliphatic carbocycles. The van der Waals surface area contributed by atoms with E-state index in [4.69, 9.17) is 11.6 Å². The topological polar surface area (TPSA) is 20.2 Å². The van der Waals surface area contributed by atoms with Crippen molar-refractivity contribution >= 4 is 49.0 Å². The maximum atomic E-state index is 11.8. The first-order chi connectivity index (χ1) is 13.9. The zero-order chi connectivity index (χ0) is 20.6. The van der Waals surface area contributed by atoms with Crippen molar-refractivity contribution in [2.75, 3.05) is 0 Å². The molecule has 0 aromatic heterocycles. The largest absolute Gasteiger partial charge is 0.381 e. The van der Waals surface area contributed by atoms with Gasteiger partial charge in [-0.15, -0.1) is 0 Å². The van der Waals surface area contributed by atoms with Gasteiger partial charge in [0.2, 0.25) is 0 Å². The van der Waals surface area contributed by atoms with Crippen LogP contribution in [0.5, 0.6) is 0 Å². The Bertz CT molecular complexity index is 1090. The molecule has 4 rings (SSSR count). The number of aliphatic hydroxyl groups is 1. The van der Waals surface area contributed by atoms with Crippen LogP contribution in [0.1, 0.15) is 41.0 Å². The molecule has 0 fully saturated rings. The van der Waals surface area contributed by atoms with E-state index < -0.39 is 5.60 Å². The summed E-state index contributed by atoms with van der Waals surface area (Å²) in [5, 5.41) is 12.4. The second-order valence-corrected chi connectivity index (χ2v) is 9.80. The van der Waals surface area contributed by atoms with Crippen molar-refractivity contribution in [2.45, 2.75) is 31.3 Å². The summed E-state index contributed by atoms with van der Waals surface area (Å²) in [5.41, 5.74) is 4.24. The highest BCUT2D eigenvalue weighted by molar-refractivity contribution is 9.10. The lowest BCUT2D eigenvalue weighted by Crippen LogP contribution is -2.30. The minimum Gasteiger partial charge on any atom is -0.381 e. The zero-order valence-electron chi connectivity index (χ0n) is 16.0. The number of aryl methyl sites for hydroxylation is 1. The first-order valence-corrected chi connectivity index (χ1v) is 11.5. The van der Waals surface area contributed by atoms with Crippen LogP contribution in [0.25, 0.3) is 5.57 Å². The first kappa shape index (κ1) is 20.9. The zero-order valence-corrected chi connectivity index (χ0v) is 19.9. The van der Waals surface area contributed by atoms with Crippen LogP contribution in [-0.2, 0) is 5.60 Å². The van der Waals surface area contributed by atoms with Gasteiger partial charge in [0.05, 0.1) is 0 Å². The third-order valence-corrected chi connectivity index (χ3v) is 7.30. The summed E-state index contributed by atoms with van der Waals surface area (Å²) in [5.74, 6) is 0.151. The van der Waals surface area contributed by atoms with Gasteiger partial charge in [-0.1, -0.05) is 92.0 Å². The molecule has 1 N–H and O–H groups in total. The highest BCUT2D eigenvalue weighted by atomic mass is 79.9. The Morgan fingerprint density at radius 3 is 2.41 bits per heavy atom. The van der Waals surface area contributed by atoms with Gasteiger partial charge in [0, 0.05) is 19.5 Å². The van der Waals surface area contributed by atoms with Crippen molar-refractivity contribution in [3.63, 3.8) is 0 Å². The van der Waals surface area contributed by atoms with E-state index in [0.717, 1.165) is 32.1 Å². The number of hydrogen-bond acceptors (Lipinski definition) is 1. The lowest BCUT2D eigenvalue weighted by Gasteiger charge is -2.37. The normalized spacial score (nSPS) is 21.7. The first-order valence-electron chi connectivity index (χ1n) is 9.57. The Hall–Kier alpha value is -1.39. The molecule has 0 saturated carbocycles. The summed E-state index contributed by atoms with van der Waals surface area (Å²) >= 11 is 13.9. The highest BCUT2D eigenvalue weighted by Gasteiger charge is 2.38. The van der Waals surface area contributed by atoms with E-state index in [1.807, 2.05) is 48.5 Å². The second-order valence-electron chi connectivity index (χ2n) is 7.68. The molecule has 2 atom stereocenters. The van der Waals surface area contributed by atoms with Crippen LogP contribution in [0.2, 0.25) is 5.02 Å². The lowest BCUT2D eigenvalue weighted by atomic mass is 9.72. The monoisotopic (exact) mass is 530 g/mol. The fourth-order valence-electron chi connectivity index (χ4n) is 4.21. The third kappa shape index (κ3) is 4.25. The van der Waals surface area contributed by atoms with Crippen LogP contribution in [0.4, 0.5) is 0 Å². The summed E-state index contributed by atoms with van der Waals surface area (Å²) in [6.07, 6.45) is 3.41. The fraction of sp³-hybridized carbons (Fsp3) is 0.200. The van der Waals surface area contributed by atoms with Crippen molar-refractivity contribution in [1.82, 2.24) is 0 Å². The van der Waals surface area contributed by atoms with E-state index in [0.29, 0.717) is 11.4 Å². The smallest absolute Gasteiger partial charge is 0.110 e. The maximum absolute atomic E-state index is 11.8.